The van der Waals surface area contributed by atoms with Gasteiger partial charge in [0.05, 0.1) is 5.69 Å². The van der Waals surface area contributed by atoms with Gasteiger partial charge in [-0.25, -0.2) is 5.43 Å². The fourth-order valence-corrected chi connectivity index (χ4v) is 1.24. The van der Waals surface area contributed by atoms with Crippen molar-refractivity contribution in [2.24, 2.45) is 5.73 Å². The smallest absolute Gasteiger partial charge is 0.115 e. The average Bonchev–Trinajstić information content (AvgIpc) is 2.53. The SMILES string of the molecule is NC1=CCNN1c1ccccc1. The maximum Gasteiger partial charge on any atom is 0.115 e. The highest BCUT2D eigenvalue weighted by Crippen LogP contribution is 2.15. The minimum Gasteiger partial charge on any atom is -0.384 e. The third-order valence-electron chi connectivity index (χ3n) is 1.83. The molecule has 0 aliphatic carbocycles. The lowest BCUT2D eigenvalue weighted by Crippen LogP contribution is -2.34. The van der Waals surface area contributed by atoms with E-state index in [-0.39, 0.29) is 0 Å². The Bertz CT molecular complexity index is 292. The van der Waals surface area contributed by atoms with Crippen LogP contribution in [0.4, 0.5) is 5.69 Å². The number of rotatable bonds is 1. The van der Waals surface area contributed by atoms with Crippen LogP contribution in [0.1, 0.15) is 0 Å². The summed E-state index contributed by atoms with van der Waals surface area (Å²) >= 11 is 0. The molecule has 0 aromatic heterocycles. The lowest BCUT2D eigenvalue weighted by molar-refractivity contribution is 0.787. The maximum absolute atomic E-state index is 5.74. The Kier molecular flexibility index (Phi) is 1.72. The zero-order chi connectivity index (χ0) is 8.39. The van der Waals surface area contributed by atoms with Crippen molar-refractivity contribution in [1.29, 1.82) is 0 Å². The van der Waals surface area contributed by atoms with Crippen molar-refractivity contribution in [3.8, 4) is 0 Å². The van der Waals surface area contributed by atoms with Crippen LogP contribution in [-0.2, 0) is 0 Å². The average molecular weight is 161 g/mol. The van der Waals surface area contributed by atoms with E-state index in [2.05, 4.69) is 5.43 Å². The van der Waals surface area contributed by atoms with Crippen molar-refractivity contribution in [2.45, 2.75) is 0 Å². The summed E-state index contributed by atoms with van der Waals surface area (Å²) in [5.74, 6) is 0.765. The van der Waals surface area contributed by atoms with Crippen LogP contribution in [0.3, 0.4) is 0 Å². The summed E-state index contributed by atoms with van der Waals surface area (Å²) in [6.45, 7) is 0.806. The third kappa shape index (κ3) is 1.14. The molecule has 1 heterocycles. The lowest BCUT2D eigenvalue weighted by Gasteiger charge is -2.19. The largest absolute Gasteiger partial charge is 0.384 e. The Hall–Kier alpha value is -1.48. The van der Waals surface area contributed by atoms with E-state index in [1.807, 2.05) is 41.4 Å². The second kappa shape index (κ2) is 2.87. The highest BCUT2D eigenvalue weighted by molar-refractivity contribution is 5.51. The minimum atomic E-state index is 0.765. The molecule has 1 aromatic carbocycles. The van der Waals surface area contributed by atoms with E-state index in [1.54, 1.807) is 0 Å². The predicted molar refractivity (Wildman–Crippen MR) is 49.2 cm³/mol. The molecule has 0 radical (unpaired) electrons. The van der Waals surface area contributed by atoms with Crippen LogP contribution >= 0.6 is 0 Å². The Morgan fingerprint density at radius 3 is 2.58 bits per heavy atom. The molecule has 0 amide bonds. The van der Waals surface area contributed by atoms with Crippen molar-refractivity contribution < 1.29 is 0 Å². The molecular formula is C9H11N3. The fourth-order valence-electron chi connectivity index (χ4n) is 1.24. The molecule has 0 atom stereocenters. The van der Waals surface area contributed by atoms with E-state index in [4.69, 9.17) is 5.73 Å². The Morgan fingerprint density at radius 2 is 2.00 bits per heavy atom. The molecule has 3 nitrogen and oxygen atoms in total. The molecule has 1 aliphatic rings. The number of benzene rings is 1. The van der Waals surface area contributed by atoms with E-state index in [9.17, 15) is 0 Å². The molecular weight excluding hydrogens is 150 g/mol. The molecule has 0 unspecified atom stereocenters. The number of nitrogens with zero attached hydrogens (tertiary/aromatic N) is 1. The fraction of sp³-hybridized carbons (Fsp3) is 0.111. The Labute approximate surface area is 71.5 Å². The molecule has 0 saturated heterocycles. The number of hydrogen-bond donors (Lipinski definition) is 2. The molecule has 62 valence electrons. The highest BCUT2D eigenvalue weighted by atomic mass is 15.5. The van der Waals surface area contributed by atoms with Crippen molar-refractivity contribution >= 4 is 5.69 Å². The quantitative estimate of drug-likeness (QED) is 0.640. The number of nitrogens with two attached hydrogens (primary N) is 1. The van der Waals surface area contributed by atoms with E-state index >= 15 is 0 Å². The zero-order valence-corrected chi connectivity index (χ0v) is 6.70. The predicted octanol–water partition coefficient (Wildman–Crippen LogP) is 0.811. The normalized spacial score (nSPS) is 16.3. The first-order valence-electron chi connectivity index (χ1n) is 3.92. The summed E-state index contributed by atoms with van der Waals surface area (Å²) in [6, 6.07) is 9.99. The summed E-state index contributed by atoms with van der Waals surface area (Å²) < 4.78 is 0. The van der Waals surface area contributed by atoms with E-state index < -0.39 is 0 Å². The zero-order valence-electron chi connectivity index (χ0n) is 6.70. The first kappa shape index (κ1) is 7.18. The van der Waals surface area contributed by atoms with Gasteiger partial charge >= 0.3 is 0 Å². The van der Waals surface area contributed by atoms with E-state index in [0.29, 0.717) is 0 Å². The van der Waals surface area contributed by atoms with Gasteiger partial charge in [0, 0.05) is 6.54 Å². The molecule has 2 rings (SSSR count). The summed E-state index contributed by atoms with van der Waals surface area (Å²) in [5.41, 5.74) is 9.95. The number of hydrazine groups is 1. The number of anilines is 1. The second-order valence-electron chi connectivity index (χ2n) is 2.66. The lowest BCUT2D eigenvalue weighted by atomic mass is 10.3. The van der Waals surface area contributed by atoms with Gasteiger partial charge in [0.25, 0.3) is 0 Å². The Morgan fingerprint density at radius 1 is 1.25 bits per heavy atom. The summed E-state index contributed by atoms with van der Waals surface area (Å²) in [7, 11) is 0. The molecule has 0 bridgehead atoms. The van der Waals surface area contributed by atoms with Crippen LogP contribution in [0, 0.1) is 0 Å². The summed E-state index contributed by atoms with van der Waals surface area (Å²) in [5, 5.41) is 1.88. The Balaban J connectivity index is 2.27. The van der Waals surface area contributed by atoms with Gasteiger partial charge in [0.1, 0.15) is 5.82 Å². The van der Waals surface area contributed by atoms with Crippen molar-refractivity contribution in [3.05, 3.63) is 42.2 Å². The van der Waals surface area contributed by atoms with Gasteiger partial charge in [-0.15, -0.1) is 0 Å². The van der Waals surface area contributed by atoms with Gasteiger partial charge in [-0.1, -0.05) is 18.2 Å². The van der Waals surface area contributed by atoms with Gasteiger partial charge in [0.15, 0.2) is 0 Å². The minimum absolute atomic E-state index is 0.765. The van der Waals surface area contributed by atoms with Gasteiger partial charge in [-0.2, -0.15) is 0 Å². The number of nitrogens with one attached hydrogen (secondary N) is 1. The first-order valence-corrected chi connectivity index (χ1v) is 3.92. The summed E-state index contributed by atoms with van der Waals surface area (Å²) in [4.78, 5) is 0. The van der Waals surface area contributed by atoms with Crippen molar-refractivity contribution in [2.75, 3.05) is 11.6 Å². The van der Waals surface area contributed by atoms with Crippen LogP contribution in [0.25, 0.3) is 0 Å². The number of para-hydroxylation sites is 1. The number of hydrogen-bond acceptors (Lipinski definition) is 3. The van der Waals surface area contributed by atoms with Crippen molar-refractivity contribution in [1.82, 2.24) is 5.43 Å². The monoisotopic (exact) mass is 161 g/mol. The van der Waals surface area contributed by atoms with Crippen LogP contribution in [-0.4, -0.2) is 6.54 Å². The molecule has 3 heteroatoms. The van der Waals surface area contributed by atoms with Gasteiger partial charge in [-0.05, 0) is 18.2 Å². The van der Waals surface area contributed by atoms with Crippen molar-refractivity contribution in [3.63, 3.8) is 0 Å². The standard InChI is InChI=1S/C9H11N3/c10-9-6-7-11-12(9)8-4-2-1-3-5-8/h1-6,11H,7,10H2. The third-order valence-corrected chi connectivity index (χ3v) is 1.83. The molecule has 1 aliphatic heterocycles. The van der Waals surface area contributed by atoms with Gasteiger partial charge in [0.2, 0.25) is 0 Å². The van der Waals surface area contributed by atoms with Gasteiger partial charge in [-0.3, -0.25) is 5.01 Å². The summed E-state index contributed by atoms with van der Waals surface area (Å²) in [6.07, 6.45) is 1.95. The molecule has 12 heavy (non-hydrogen) atoms. The molecule has 0 spiro atoms. The van der Waals surface area contributed by atoms with Gasteiger partial charge < -0.3 is 5.73 Å². The first-order chi connectivity index (χ1) is 5.88. The molecule has 0 saturated carbocycles. The molecule has 0 fully saturated rings. The van der Waals surface area contributed by atoms with E-state index in [1.165, 1.54) is 0 Å². The second-order valence-corrected chi connectivity index (χ2v) is 2.66. The molecule has 3 N–H and O–H groups in total. The maximum atomic E-state index is 5.74. The van der Waals surface area contributed by atoms with Crippen LogP contribution in [0.15, 0.2) is 42.2 Å². The van der Waals surface area contributed by atoms with Crippen LogP contribution in [0.2, 0.25) is 0 Å². The highest BCUT2D eigenvalue weighted by Gasteiger charge is 2.11. The van der Waals surface area contributed by atoms with Crippen LogP contribution < -0.4 is 16.2 Å². The topological polar surface area (TPSA) is 41.3 Å². The van der Waals surface area contributed by atoms with Crippen LogP contribution in [0.5, 0.6) is 0 Å². The molecule has 1 aromatic rings. The van der Waals surface area contributed by atoms with E-state index in [0.717, 1.165) is 18.1 Å².